The van der Waals surface area contributed by atoms with Crippen LogP contribution >= 0.6 is 0 Å². The molecular weight excluding hydrogens is 184 g/mol. The first-order valence-corrected chi connectivity index (χ1v) is 5.47. The van der Waals surface area contributed by atoms with Crippen molar-refractivity contribution >= 4 is 0 Å². The highest BCUT2D eigenvalue weighted by Gasteiger charge is 2.30. The molecule has 0 spiro atoms. The van der Waals surface area contributed by atoms with Gasteiger partial charge in [-0.05, 0) is 30.9 Å². The summed E-state index contributed by atoms with van der Waals surface area (Å²) in [6.45, 7) is 0.661. The standard InChI is InChI=1S/C13H16N2/c1-2-8-15-13(11-6-7-11)10-12-5-3-4-9-14-12/h1,3-5,9,11,13,15H,6-8,10H2. The molecule has 1 aliphatic rings. The van der Waals surface area contributed by atoms with Crippen LogP contribution in [0.2, 0.25) is 0 Å². The molecule has 0 amide bonds. The lowest BCUT2D eigenvalue weighted by atomic mass is 10.1. The molecule has 1 aromatic heterocycles. The quantitative estimate of drug-likeness (QED) is 0.731. The summed E-state index contributed by atoms with van der Waals surface area (Å²) < 4.78 is 0. The lowest BCUT2D eigenvalue weighted by Crippen LogP contribution is -2.33. The highest BCUT2D eigenvalue weighted by molar-refractivity contribution is 5.07. The Morgan fingerprint density at radius 2 is 2.40 bits per heavy atom. The Labute approximate surface area is 91.1 Å². The van der Waals surface area contributed by atoms with Gasteiger partial charge in [0.2, 0.25) is 0 Å². The zero-order valence-corrected chi connectivity index (χ0v) is 8.82. The number of hydrogen-bond acceptors (Lipinski definition) is 2. The maximum atomic E-state index is 5.26. The Balaban J connectivity index is 1.92. The number of hydrogen-bond donors (Lipinski definition) is 1. The fraction of sp³-hybridized carbons (Fsp3) is 0.462. The summed E-state index contributed by atoms with van der Waals surface area (Å²) in [5.41, 5.74) is 1.15. The predicted molar refractivity (Wildman–Crippen MR) is 61.3 cm³/mol. The van der Waals surface area contributed by atoms with Crippen LogP contribution in [0, 0.1) is 18.3 Å². The van der Waals surface area contributed by atoms with E-state index < -0.39 is 0 Å². The van der Waals surface area contributed by atoms with Gasteiger partial charge < -0.3 is 5.32 Å². The van der Waals surface area contributed by atoms with Crippen LogP contribution in [0.5, 0.6) is 0 Å². The highest BCUT2D eigenvalue weighted by Crippen LogP contribution is 2.33. The Bertz CT molecular complexity index is 335. The Kier molecular flexibility index (Phi) is 3.37. The summed E-state index contributed by atoms with van der Waals surface area (Å²) in [7, 11) is 0. The van der Waals surface area contributed by atoms with Crippen molar-refractivity contribution < 1.29 is 0 Å². The third-order valence-electron chi connectivity index (χ3n) is 2.81. The number of aromatic nitrogens is 1. The molecule has 0 bridgehead atoms. The van der Waals surface area contributed by atoms with Gasteiger partial charge in [-0.2, -0.15) is 0 Å². The number of pyridine rings is 1. The first-order chi connectivity index (χ1) is 7.40. The van der Waals surface area contributed by atoms with E-state index in [0.717, 1.165) is 18.0 Å². The molecule has 1 aromatic rings. The smallest absolute Gasteiger partial charge is 0.0576 e. The number of nitrogens with zero attached hydrogens (tertiary/aromatic N) is 1. The van der Waals surface area contributed by atoms with Crippen LogP contribution in [0.4, 0.5) is 0 Å². The second-order valence-corrected chi connectivity index (χ2v) is 4.05. The van der Waals surface area contributed by atoms with Crippen molar-refractivity contribution in [2.75, 3.05) is 6.54 Å². The molecule has 0 saturated heterocycles. The minimum absolute atomic E-state index is 0.510. The second kappa shape index (κ2) is 4.95. The van der Waals surface area contributed by atoms with E-state index in [9.17, 15) is 0 Å². The van der Waals surface area contributed by atoms with Crippen LogP contribution in [0.1, 0.15) is 18.5 Å². The van der Waals surface area contributed by atoms with E-state index >= 15 is 0 Å². The Morgan fingerprint density at radius 3 is 3.00 bits per heavy atom. The SMILES string of the molecule is C#CCNC(Cc1ccccn1)C1CC1. The van der Waals surface area contributed by atoms with Crippen LogP contribution in [0.25, 0.3) is 0 Å². The molecule has 1 unspecified atom stereocenters. The average Bonchev–Trinajstić information content (AvgIpc) is 3.09. The molecular formula is C13H16N2. The molecule has 1 atom stereocenters. The van der Waals surface area contributed by atoms with Gasteiger partial charge in [0.15, 0.2) is 0 Å². The lowest BCUT2D eigenvalue weighted by molar-refractivity contribution is 0.481. The van der Waals surface area contributed by atoms with E-state index in [1.54, 1.807) is 0 Å². The highest BCUT2D eigenvalue weighted by atomic mass is 14.9. The van der Waals surface area contributed by atoms with Crippen LogP contribution < -0.4 is 5.32 Å². The molecule has 1 aliphatic carbocycles. The van der Waals surface area contributed by atoms with Gasteiger partial charge >= 0.3 is 0 Å². The summed E-state index contributed by atoms with van der Waals surface area (Å²) in [5.74, 6) is 3.44. The topological polar surface area (TPSA) is 24.9 Å². The van der Waals surface area contributed by atoms with Crippen molar-refractivity contribution in [1.29, 1.82) is 0 Å². The van der Waals surface area contributed by atoms with Crippen molar-refractivity contribution in [1.82, 2.24) is 10.3 Å². The molecule has 2 nitrogen and oxygen atoms in total. The minimum Gasteiger partial charge on any atom is -0.303 e. The lowest BCUT2D eigenvalue weighted by Gasteiger charge is -2.15. The molecule has 1 saturated carbocycles. The molecule has 0 aromatic carbocycles. The molecule has 2 heteroatoms. The fourth-order valence-corrected chi connectivity index (χ4v) is 1.84. The van der Waals surface area contributed by atoms with Crippen LogP contribution in [-0.2, 0) is 6.42 Å². The fourth-order valence-electron chi connectivity index (χ4n) is 1.84. The zero-order valence-electron chi connectivity index (χ0n) is 8.82. The van der Waals surface area contributed by atoms with Gasteiger partial charge in [-0.15, -0.1) is 6.42 Å². The molecule has 1 heterocycles. The van der Waals surface area contributed by atoms with E-state index in [0.29, 0.717) is 12.6 Å². The first-order valence-electron chi connectivity index (χ1n) is 5.47. The third kappa shape index (κ3) is 3.07. The van der Waals surface area contributed by atoms with Gasteiger partial charge in [-0.25, -0.2) is 0 Å². The predicted octanol–water partition coefficient (Wildman–Crippen LogP) is 1.63. The number of nitrogens with one attached hydrogen (secondary N) is 1. The van der Waals surface area contributed by atoms with Crippen molar-refractivity contribution in [3.63, 3.8) is 0 Å². The van der Waals surface area contributed by atoms with Crippen LogP contribution in [-0.4, -0.2) is 17.6 Å². The molecule has 2 rings (SSSR count). The summed E-state index contributed by atoms with van der Waals surface area (Å²) in [5, 5.41) is 3.40. The number of terminal acetylenes is 1. The Hall–Kier alpha value is -1.33. The Morgan fingerprint density at radius 1 is 1.53 bits per heavy atom. The van der Waals surface area contributed by atoms with E-state index in [4.69, 9.17) is 6.42 Å². The van der Waals surface area contributed by atoms with Crippen LogP contribution in [0.15, 0.2) is 24.4 Å². The molecule has 0 radical (unpaired) electrons. The summed E-state index contributed by atoms with van der Waals surface area (Å²) in [6.07, 6.45) is 10.8. The molecule has 1 N–H and O–H groups in total. The van der Waals surface area contributed by atoms with Gasteiger partial charge in [0.25, 0.3) is 0 Å². The maximum absolute atomic E-state index is 5.26. The maximum Gasteiger partial charge on any atom is 0.0576 e. The monoisotopic (exact) mass is 200 g/mol. The largest absolute Gasteiger partial charge is 0.303 e. The van der Waals surface area contributed by atoms with Crippen molar-refractivity contribution in [3.8, 4) is 12.3 Å². The van der Waals surface area contributed by atoms with Crippen molar-refractivity contribution in [3.05, 3.63) is 30.1 Å². The van der Waals surface area contributed by atoms with E-state index in [2.05, 4.69) is 22.3 Å². The summed E-state index contributed by atoms with van der Waals surface area (Å²) in [4.78, 5) is 4.35. The van der Waals surface area contributed by atoms with Crippen molar-refractivity contribution in [2.24, 2.45) is 5.92 Å². The van der Waals surface area contributed by atoms with Gasteiger partial charge in [0.05, 0.1) is 6.54 Å². The van der Waals surface area contributed by atoms with Gasteiger partial charge in [0.1, 0.15) is 0 Å². The van der Waals surface area contributed by atoms with Crippen molar-refractivity contribution in [2.45, 2.75) is 25.3 Å². The zero-order chi connectivity index (χ0) is 10.5. The number of rotatable bonds is 5. The summed E-state index contributed by atoms with van der Waals surface area (Å²) in [6, 6.07) is 6.57. The summed E-state index contributed by atoms with van der Waals surface area (Å²) >= 11 is 0. The van der Waals surface area contributed by atoms with Gasteiger partial charge in [-0.3, -0.25) is 4.98 Å². The molecule has 15 heavy (non-hydrogen) atoms. The second-order valence-electron chi connectivity index (χ2n) is 4.05. The van der Waals surface area contributed by atoms with E-state index in [-0.39, 0.29) is 0 Å². The van der Waals surface area contributed by atoms with E-state index in [1.807, 2.05) is 18.3 Å². The molecule has 1 fully saturated rings. The first kappa shape index (κ1) is 10.2. The molecule has 78 valence electrons. The minimum atomic E-state index is 0.510. The normalized spacial score (nSPS) is 17.0. The third-order valence-corrected chi connectivity index (χ3v) is 2.81. The molecule has 0 aliphatic heterocycles. The average molecular weight is 200 g/mol. The van der Waals surface area contributed by atoms with Crippen LogP contribution in [0.3, 0.4) is 0 Å². The van der Waals surface area contributed by atoms with E-state index in [1.165, 1.54) is 12.8 Å². The van der Waals surface area contributed by atoms with Gasteiger partial charge in [0, 0.05) is 24.4 Å². The van der Waals surface area contributed by atoms with Gasteiger partial charge in [-0.1, -0.05) is 12.0 Å².